The summed E-state index contributed by atoms with van der Waals surface area (Å²) in [5, 5.41) is 6.26. The van der Waals surface area contributed by atoms with Crippen LogP contribution < -0.4 is 10.6 Å². The zero-order valence-corrected chi connectivity index (χ0v) is 37.9. The van der Waals surface area contributed by atoms with Crippen LogP contribution in [0.25, 0.3) is 0 Å². The average molecular weight is 855 g/mol. The molecule has 10 atom stereocenters. The van der Waals surface area contributed by atoms with E-state index >= 15 is 0 Å². The van der Waals surface area contributed by atoms with Crippen molar-refractivity contribution < 1.29 is 28.7 Å². The number of amides is 3. The highest BCUT2D eigenvalue weighted by atomic mass is 16.5. The highest BCUT2D eigenvalue weighted by Crippen LogP contribution is 2.37. The number of carbonyl (C=O) groups is 4. The third-order valence-electron chi connectivity index (χ3n) is 15.0. The number of likely N-dealkylation sites (tertiary alicyclic amines) is 2. The molecule has 5 aliphatic heterocycles. The molecule has 0 aliphatic carbocycles. The Morgan fingerprint density at radius 2 is 1.23 bits per heavy atom. The normalized spacial score (nSPS) is 30.2. The first-order chi connectivity index (χ1) is 30.1. The van der Waals surface area contributed by atoms with E-state index in [0.29, 0.717) is 58.4 Å². The lowest BCUT2D eigenvalue weighted by atomic mass is 9.87. The molecule has 7 rings (SSSR count). The summed E-state index contributed by atoms with van der Waals surface area (Å²) in [4.78, 5) is 65.6. The van der Waals surface area contributed by atoms with Gasteiger partial charge in [-0.3, -0.25) is 29.0 Å². The second-order valence-electron chi connectivity index (χ2n) is 18.9. The topological polar surface area (TPSA) is 124 Å². The molecule has 2 aromatic carbocycles. The average Bonchev–Trinajstić information content (AvgIpc) is 3.94. The van der Waals surface area contributed by atoms with E-state index in [-0.39, 0.29) is 78.0 Å². The van der Waals surface area contributed by atoms with E-state index in [2.05, 4.69) is 86.0 Å². The van der Waals surface area contributed by atoms with E-state index in [1.54, 1.807) is 7.05 Å². The largest absolute Gasteiger partial charge is 0.374 e. The van der Waals surface area contributed by atoms with E-state index in [1.165, 1.54) is 11.1 Å². The van der Waals surface area contributed by atoms with Gasteiger partial charge >= 0.3 is 0 Å². The predicted octanol–water partition coefficient (Wildman–Crippen LogP) is 4.60. The molecular formula is C50H74N6O6. The van der Waals surface area contributed by atoms with Crippen molar-refractivity contribution in [2.45, 2.75) is 121 Å². The first-order valence-electron chi connectivity index (χ1n) is 24.0. The molecule has 0 spiro atoms. The van der Waals surface area contributed by atoms with Gasteiger partial charge in [-0.2, -0.15) is 0 Å². The third-order valence-corrected chi connectivity index (χ3v) is 15.0. The minimum Gasteiger partial charge on any atom is -0.374 e. The lowest BCUT2D eigenvalue weighted by Gasteiger charge is -2.44. The fraction of sp³-hybridized carbons (Fsp3) is 0.680. The van der Waals surface area contributed by atoms with Crippen LogP contribution in [-0.2, 0) is 41.5 Å². The monoisotopic (exact) mass is 855 g/mol. The van der Waals surface area contributed by atoms with Gasteiger partial charge in [0.25, 0.3) is 0 Å². The molecule has 12 nitrogen and oxygen atoms in total. The summed E-state index contributed by atoms with van der Waals surface area (Å²) in [6, 6.07) is 20.1. The van der Waals surface area contributed by atoms with E-state index in [1.807, 2.05) is 25.7 Å². The van der Waals surface area contributed by atoms with Crippen LogP contribution in [0.1, 0.15) is 83.3 Å². The summed E-state index contributed by atoms with van der Waals surface area (Å²) in [6.45, 7) is 12.9. The van der Waals surface area contributed by atoms with E-state index < -0.39 is 12.0 Å². The molecule has 5 aliphatic rings. The van der Waals surface area contributed by atoms with Gasteiger partial charge in [0.05, 0.1) is 31.5 Å². The van der Waals surface area contributed by atoms with Crippen LogP contribution in [0.3, 0.4) is 0 Å². The number of rotatable bonds is 13. The minimum atomic E-state index is -0.659. The SMILES string of the molecule is CC[C@@H](C)C(=O)N[C@H]1CCCCC(CC(=O)[C@H](C)NC)C(=O)N2CC[C@H]3C(CN(CCc4ccccc4)C[C@H]32)OCCOC2CN(CCc3ccccc3)C[C@@H]3[C@H]2CCN3C1=O. The Morgan fingerprint density at radius 3 is 1.74 bits per heavy atom. The number of carbonyl (C=O) groups excluding carboxylic acids is 4. The number of piperidine rings is 2. The van der Waals surface area contributed by atoms with Crippen LogP contribution in [0.5, 0.6) is 0 Å². The summed E-state index contributed by atoms with van der Waals surface area (Å²) in [5.74, 6) is -0.290. The number of nitrogens with zero attached hydrogens (tertiary/aromatic N) is 4. The fourth-order valence-electron chi connectivity index (χ4n) is 10.9. The lowest BCUT2D eigenvalue weighted by molar-refractivity contribution is -0.144. The van der Waals surface area contributed by atoms with Gasteiger partial charge in [-0.05, 0) is 70.0 Å². The smallest absolute Gasteiger partial charge is 0.245 e. The molecule has 5 heterocycles. The molecular weight excluding hydrogens is 781 g/mol. The fourth-order valence-corrected chi connectivity index (χ4v) is 10.9. The molecule has 2 aromatic rings. The van der Waals surface area contributed by atoms with Crippen molar-refractivity contribution in [2.75, 3.05) is 72.6 Å². The molecule has 2 N–H and O–H groups in total. The maximum absolute atomic E-state index is 14.8. The number of hydrogen-bond acceptors (Lipinski definition) is 9. The number of ketones is 1. The Bertz CT molecular complexity index is 1640. The summed E-state index contributed by atoms with van der Waals surface area (Å²) in [5.41, 5.74) is 2.59. The first-order valence-corrected chi connectivity index (χ1v) is 24.0. The molecule has 12 heteroatoms. The van der Waals surface area contributed by atoms with E-state index in [4.69, 9.17) is 9.47 Å². The highest BCUT2D eigenvalue weighted by Gasteiger charge is 2.49. The standard InChI is InChI=1S/C50H74N6O6/c1-5-35(2)48(58)52-42-19-13-12-18-39(30-45(57)36(3)51-4)49(59)55-26-22-40-43(55)31-53(24-20-37-14-8-6-9-15-37)33-46(40)61-28-29-62-47-34-54(25-21-38-16-10-7-11-17-38)32-44-41(47)23-27-56(44)50(42)60/h6-11,14-17,35-36,39-44,46-47,51H,5,12-13,18-34H2,1-4H3,(H,52,58)/t35-,36+,39?,40-,41-,42+,43-,44-,46?,47?/m1/s1. The summed E-state index contributed by atoms with van der Waals surface area (Å²) < 4.78 is 13.7. The number of Topliss-reactive ketones (excluding diaryl/α,β-unsaturated/α-hetero) is 1. The predicted molar refractivity (Wildman–Crippen MR) is 241 cm³/mol. The number of benzene rings is 2. The second kappa shape index (κ2) is 22.3. The molecule has 3 amide bonds. The number of likely N-dealkylation sites (N-methyl/N-ethyl adjacent to an activating group) is 1. The summed E-state index contributed by atoms with van der Waals surface area (Å²) in [7, 11) is 1.78. The highest BCUT2D eigenvalue weighted by molar-refractivity contribution is 5.90. The Morgan fingerprint density at radius 1 is 0.710 bits per heavy atom. The Kier molecular flexibility index (Phi) is 16.6. The zero-order valence-electron chi connectivity index (χ0n) is 37.9. The summed E-state index contributed by atoms with van der Waals surface area (Å²) in [6.07, 6.45) is 6.72. The van der Waals surface area contributed by atoms with Gasteiger partial charge in [-0.1, -0.05) is 87.4 Å². The van der Waals surface area contributed by atoms with Crippen LogP contribution in [0, 0.1) is 23.7 Å². The zero-order chi connectivity index (χ0) is 43.6. The van der Waals surface area contributed by atoms with Crippen molar-refractivity contribution >= 4 is 23.5 Å². The van der Waals surface area contributed by atoms with Gasteiger partial charge in [0, 0.05) is 94.5 Å². The quantitative estimate of drug-likeness (QED) is 0.298. The van der Waals surface area contributed by atoms with Crippen LogP contribution in [0.15, 0.2) is 60.7 Å². The number of hydrogen-bond donors (Lipinski definition) is 2. The van der Waals surface area contributed by atoms with Gasteiger partial charge < -0.3 is 29.9 Å². The minimum absolute atomic E-state index is 0.00220. The van der Waals surface area contributed by atoms with Gasteiger partial charge in [0.1, 0.15) is 11.8 Å². The van der Waals surface area contributed by atoms with E-state index in [0.717, 1.165) is 65.0 Å². The molecule has 5 saturated heterocycles. The van der Waals surface area contributed by atoms with Gasteiger partial charge in [-0.25, -0.2) is 0 Å². The van der Waals surface area contributed by atoms with Crippen molar-refractivity contribution in [1.82, 2.24) is 30.2 Å². The maximum atomic E-state index is 14.8. The molecule has 8 bridgehead atoms. The molecule has 340 valence electrons. The van der Waals surface area contributed by atoms with Crippen LogP contribution in [0.4, 0.5) is 0 Å². The Labute approximate surface area is 370 Å². The van der Waals surface area contributed by atoms with Crippen molar-refractivity contribution in [3.63, 3.8) is 0 Å². The second-order valence-corrected chi connectivity index (χ2v) is 18.9. The van der Waals surface area contributed by atoms with Crippen LogP contribution in [0.2, 0.25) is 0 Å². The lowest BCUT2D eigenvalue weighted by Crippen LogP contribution is -2.59. The summed E-state index contributed by atoms with van der Waals surface area (Å²) >= 11 is 0. The Hall–Kier alpha value is -3.68. The Balaban J connectivity index is 1.15. The van der Waals surface area contributed by atoms with E-state index in [9.17, 15) is 19.2 Å². The molecule has 3 unspecified atom stereocenters. The van der Waals surface area contributed by atoms with Crippen LogP contribution >= 0.6 is 0 Å². The molecule has 62 heavy (non-hydrogen) atoms. The van der Waals surface area contributed by atoms with Gasteiger partial charge in [0.2, 0.25) is 17.7 Å². The van der Waals surface area contributed by atoms with Gasteiger partial charge in [0.15, 0.2) is 0 Å². The van der Waals surface area contributed by atoms with Gasteiger partial charge in [-0.15, -0.1) is 0 Å². The van der Waals surface area contributed by atoms with Crippen molar-refractivity contribution in [2.24, 2.45) is 23.7 Å². The number of ether oxygens (including phenoxy) is 2. The van der Waals surface area contributed by atoms with Crippen molar-refractivity contribution in [3.8, 4) is 0 Å². The molecule has 5 fully saturated rings. The molecule has 0 radical (unpaired) electrons. The first kappa shape index (κ1) is 46.3. The third kappa shape index (κ3) is 11.5. The maximum Gasteiger partial charge on any atom is 0.245 e. The van der Waals surface area contributed by atoms with Crippen molar-refractivity contribution in [1.29, 1.82) is 0 Å². The molecule has 0 saturated carbocycles. The number of nitrogens with one attached hydrogen (secondary N) is 2. The molecule has 0 aromatic heterocycles. The van der Waals surface area contributed by atoms with Crippen molar-refractivity contribution in [3.05, 3.63) is 71.8 Å². The van der Waals surface area contributed by atoms with Crippen LogP contribution in [-0.4, -0.2) is 152 Å².